The largest absolute Gasteiger partial charge is 0.350 e. The van der Waals surface area contributed by atoms with E-state index >= 15 is 0 Å². The van der Waals surface area contributed by atoms with Crippen LogP contribution in [0.3, 0.4) is 0 Å². The number of carbonyl (C=O) groups is 1. The molecule has 2 aromatic carbocycles. The molecule has 0 aliphatic carbocycles. The molecule has 3 rings (SSSR count). The Balaban J connectivity index is 1.58. The van der Waals surface area contributed by atoms with Crippen molar-refractivity contribution in [3.05, 3.63) is 66.0 Å². The van der Waals surface area contributed by atoms with Crippen LogP contribution in [0.25, 0.3) is 11.0 Å². The number of hydrogen-bond donors (Lipinski definition) is 2. The molecule has 0 fully saturated rings. The van der Waals surface area contributed by atoms with E-state index in [0.29, 0.717) is 5.56 Å². The van der Waals surface area contributed by atoms with Gasteiger partial charge in [-0.1, -0.05) is 30.3 Å². The standard InChI is InChI=1S/C18H19N3O/c1-13(7-8-14-5-3-2-4-6-14)21-18(22)15-9-10-16-17(11-15)20-12-19-16/h2-6,9-13H,7-8H2,1H3,(H,19,20)(H,21,22). The molecule has 3 aromatic rings. The summed E-state index contributed by atoms with van der Waals surface area (Å²) in [6.45, 7) is 2.04. The van der Waals surface area contributed by atoms with Crippen molar-refractivity contribution in [1.82, 2.24) is 15.3 Å². The van der Waals surface area contributed by atoms with Gasteiger partial charge in [-0.25, -0.2) is 4.98 Å². The maximum absolute atomic E-state index is 12.3. The number of nitrogens with zero attached hydrogens (tertiary/aromatic N) is 1. The summed E-state index contributed by atoms with van der Waals surface area (Å²) in [5.74, 6) is -0.0444. The van der Waals surface area contributed by atoms with Crippen molar-refractivity contribution in [2.45, 2.75) is 25.8 Å². The van der Waals surface area contributed by atoms with E-state index in [0.717, 1.165) is 23.9 Å². The highest BCUT2D eigenvalue weighted by atomic mass is 16.1. The van der Waals surface area contributed by atoms with Crippen LogP contribution in [0.4, 0.5) is 0 Å². The van der Waals surface area contributed by atoms with Crippen LogP contribution < -0.4 is 5.32 Å². The van der Waals surface area contributed by atoms with Crippen molar-refractivity contribution in [2.24, 2.45) is 0 Å². The molecule has 0 saturated heterocycles. The summed E-state index contributed by atoms with van der Waals surface area (Å²) < 4.78 is 0. The zero-order chi connectivity index (χ0) is 15.4. The predicted octanol–water partition coefficient (Wildman–Crippen LogP) is 3.31. The molecule has 0 radical (unpaired) electrons. The van der Waals surface area contributed by atoms with Crippen LogP contribution >= 0.6 is 0 Å². The fourth-order valence-electron chi connectivity index (χ4n) is 2.48. The molecule has 0 bridgehead atoms. The van der Waals surface area contributed by atoms with Gasteiger partial charge in [-0.15, -0.1) is 0 Å². The SMILES string of the molecule is CC(CCc1ccccc1)NC(=O)c1ccc2nc[nH]c2c1. The van der Waals surface area contributed by atoms with Crippen molar-refractivity contribution >= 4 is 16.9 Å². The van der Waals surface area contributed by atoms with Crippen LogP contribution in [0.1, 0.15) is 29.3 Å². The van der Waals surface area contributed by atoms with E-state index in [4.69, 9.17) is 0 Å². The molecule has 1 unspecified atom stereocenters. The Morgan fingerprint density at radius 3 is 2.86 bits per heavy atom. The Morgan fingerprint density at radius 2 is 2.05 bits per heavy atom. The van der Waals surface area contributed by atoms with Crippen molar-refractivity contribution in [1.29, 1.82) is 0 Å². The van der Waals surface area contributed by atoms with Crippen molar-refractivity contribution in [2.75, 3.05) is 0 Å². The van der Waals surface area contributed by atoms with Gasteiger partial charge in [-0.2, -0.15) is 0 Å². The molecule has 0 saturated carbocycles. The van der Waals surface area contributed by atoms with E-state index in [9.17, 15) is 4.79 Å². The zero-order valence-corrected chi connectivity index (χ0v) is 12.5. The molecule has 0 spiro atoms. The number of nitrogens with one attached hydrogen (secondary N) is 2. The molecule has 2 N–H and O–H groups in total. The van der Waals surface area contributed by atoms with Crippen LogP contribution in [0.15, 0.2) is 54.9 Å². The number of benzene rings is 2. The lowest BCUT2D eigenvalue weighted by atomic mass is 10.1. The Bertz CT molecular complexity index is 764. The fourth-order valence-corrected chi connectivity index (χ4v) is 2.48. The minimum Gasteiger partial charge on any atom is -0.350 e. The quantitative estimate of drug-likeness (QED) is 0.758. The molecular formula is C18H19N3O. The first-order valence-corrected chi connectivity index (χ1v) is 7.50. The molecule has 1 heterocycles. The summed E-state index contributed by atoms with van der Waals surface area (Å²) in [5.41, 5.74) is 3.70. The van der Waals surface area contributed by atoms with Crippen molar-refractivity contribution in [3.63, 3.8) is 0 Å². The maximum Gasteiger partial charge on any atom is 0.251 e. The summed E-state index contributed by atoms with van der Waals surface area (Å²) in [4.78, 5) is 19.5. The van der Waals surface area contributed by atoms with E-state index in [2.05, 4.69) is 27.4 Å². The van der Waals surface area contributed by atoms with Crippen LogP contribution in [-0.2, 0) is 6.42 Å². The van der Waals surface area contributed by atoms with Gasteiger partial charge in [0.15, 0.2) is 0 Å². The van der Waals surface area contributed by atoms with Gasteiger partial charge in [0.2, 0.25) is 0 Å². The van der Waals surface area contributed by atoms with Gasteiger partial charge in [0.1, 0.15) is 0 Å². The number of carbonyl (C=O) groups excluding carboxylic acids is 1. The minimum absolute atomic E-state index is 0.0444. The highest BCUT2D eigenvalue weighted by Crippen LogP contribution is 2.12. The second kappa shape index (κ2) is 6.43. The van der Waals surface area contributed by atoms with Gasteiger partial charge >= 0.3 is 0 Å². The Morgan fingerprint density at radius 1 is 1.23 bits per heavy atom. The summed E-state index contributed by atoms with van der Waals surface area (Å²) >= 11 is 0. The normalized spacial score (nSPS) is 12.2. The lowest BCUT2D eigenvalue weighted by Gasteiger charge is -2.14. The van der Waals surface area contributed by atoms with E-state index < -0.39 is 0 Å². The summed E-state index contributed by atoms with van der Waals surface area (Å²) in [7, 11) is 0. The number of imidazole rings is 1. The Hall–Kier alpha value is -2.62. The molecule has 4 nitrogen and oxygen atoms in total. The molecule has 112 valence electrons. The molecule has 1 amide bonds. The predicted molar refractivity (Wildman–Crippen MR) is 87.8 cm³/mol. The van der Waals surface area contributed by atoms with Gasteiger partial charge in [-0.05, 0) is 43.5 Å². The van der Waals surface area contributed by atoms with Gasteiger partial charge in [0, 0.05) is 11.6 Å². The number of aryl methyl sites for hydroxylation is 1. The molecule has 4 heteroatoms. The Labute approximate surface area is 129 Å². The first-order valence-electron chi connectivity index (χ1n) is 7.50. The highest BCUT2D eigenvalue weighted by Gasteiger charge is 2.11. The molecule has 0 aliphatic heterocycles. The molecule has 22 heavy (non-hydrogen) atoms. The maximum atomic E-state index is 12.3. The van der Waals surface area contributed by atoms with Crippen LogP contribution in [0.5, 0.6) is 0 Å². The van der Waals surface area contributed by atoms with Gasteiger partial charge in [0.05, 0.1) is 17.4 Å². The average Bonchev–Trinajstić information content (AvgIpc) is 3.01. The average molecular weight is 293 g/mol. The summed E-state index contributed by atoms with van der Waals surface area (Å²) in [5, 5.41) is 3.05. The third-order valence-corrected chi connectivity index (χ3v) is 3.77. The van der Waals surface area contributed by atoms with Crippen LogP contribution in [-0.4, -0.2) is 21.9 Å². The number of aromatic amines is 1. The van der Waals surface area contributed by atoms with Crippen LogP contribution in [0, 0.1) is 0 Å². The van der Waals surface area contributed by atoms with Crippen molar-refractivity contribution in [3.8, 4) is 0 Å². The second-order valence-electron chi connectivity index (χ2n) is 5.53. The lowest BCUT2D eigenvalue weighted by Crippen LogP contribution is -2.32. The summed E-state index contributed by atoms with van der Waals surface area (Å²) in [6.07, 6.45) is 3.51. The van der Waals surface area contributed by atoms with Gasteiger partial charge in [0.25, 0.3) is 5.91 Å². The minimum atomic E-state index is -0.0444. The number of hydrogen-bond acceptors (Lipinski definition) is 2. The van der Waals surface area contributed by atoms with E-state index in [-0.39, 0.29) is 11.9 Å². The molecule has 0 aliphatic rings. The molecular weight excluding hydrogens is 274 g/mol. The lowest BCUT2D eigenvalue weighted by molar-refractivity contribution is 0.0938. The van der Waals surface area contributed by atoms with Crippen molar-refractivity contribution < 1.29 is 4.79 Å². The van der Waals surface area contributed by atoms with E-state index in [1.807, 2.05) is 43.3 Å². The second-order valence-corrected chi connectivity index (χ2v) is 5.53. The number of rotatable bonds is 5. The van der Waals surface area contributed by atoms with E-state index in [1.54, 1.807) is 6.33 Å². The van der Waals surface area contributed by atoms with Crippen LogP contribution in [0.2, 0.25) is 0 Å². The summed E-state index contributed by atoms with van der Waals surface area (Å²) in [6, 6.07) is 15.9. The number of amides is 1. The van der Waals surface area contributed by atoms with Gasteiger partial charge < -0.3 is 10.3 Å². The third kappa shape index (κ3) is 3.34. The first kappa shape index (κ1) is 14.3. The first-order chi connectivity index (χ1) is 10.7. The number of H-pyrrole nitrogens is 1. The fraction of sp³-hybridized carbons (Fsp3) is 0.222. The number of aromatic nitrogens is 2. The van der Waals surface area contributed by atoms with E-state index in [1.165, 1.54) is 5.56 Å². The zero-order valence-electron chi connectivity index (χ0n) is 12.5. The molecule has 1 aromatic heterocycles. The topological polar surface area (TPSA) is 57.8 Å². The third-order valence-electron chi connectivity index (χ3n) is 3.77. The van der Waals surface area contributed by atoms with Gasteiger partial charge in [-0.3, -0.25) is 4.79 Å². The molecule has 1 atom stereocenters. The smallest absolute Gasteiger partial charge is 0.251 e. The monoisotopic (exact) mass is 293 g/mol. The number of fused-ring (bicyclic) bond motifs is 1. The Kier molecular flexibility index (Phi) is 4.19. The highest BCUT2D eigenvalue weighted by molar-refractivity contribution is 5.97.